The van der Waals surface area contributed by atoms with Crippen molar-refractivity contribution in [3.05, 3.63) is 29.8 Å². The number of likely N-dealkylation sites (tertiary alicyclic amines) is 1. The molecule has 1 aliphatic heterocycles. The minimum absolute atomic E-state index is 0.00378. The minimum Gasteiger partial charge on any atom is -0.508 e. The van der Waals surface area contributed by atoms with E-state index in [4.69, 9.17) is 16.6 Å². The van der Waals surface area contributed by atoms with Crippen molar-refractivity contribution in [2.45, 2.75) is 82.7 Å². The molecule has 17 heteroatoms. The van der Waals surface area contributed by atoms with Gasteiger partial charge >= 0.3 is 5.97 Å². The smallest absolute Gasteiger partial charge is 0.325 e. The zero-order valence-electron chi connectivity index (χ0n) is 25.9. The number of carbonyl (C=O) groups excluding carboxylic acids is 6. The molecule has 1 aromatic rings. The quantitative estimate of drug-likeness (QED) is 0.0860. The molecule has 2 rings (SSSR count). The lowest BCUT2D eigenvalue weighted by Gasteiger charge is -2.30. The average molecular weight is 650 g/mol. The average Bonchev–Trinajstić information content (AvgIpc) is 3.49. The summed E-state index contributed by atoms with van der Waals surface area (Å²) in [6, 6.07) is -1.74. The monoisotopic (exact) mass is 649 g/mol. The summed E-state index contributed by atoms with van der Waals surface area (Å²) in [5, 5.41) is 37.6. The molecule has 46 heavy (non-hydrogen) atoms. The molecule has 1 aliphatic rings. The third-order valence-corrected chi connectivity index (χ3v) is 7.43. The summed E-state index contributed by atoms with van der Waals surface area (Å²) in [6.45, 7) is 3.86. The molecule has 0 radical (unpaired) electrons. The van der Waals surface area contributed by atoms with Crippen molar-refractivity contribution in [3.8, 4) is 5.75 Å². The SMILES string of the molecule is CC(C)[C@H](N)C(=O)N[C@@H](Cc1ccc(O)cc1)C(=O)N1CCC[C@H]1C(=O)N[C@@H](CC(N)=O)C(=O)N[C@@H](CO)C(=O)N[C@@H](C)C(=O)O. The van der Waals surface area contributed by atoms with E-state index in [1.54, 1.807) is 26.0 Å². The molecule has 0 saturated carbocycles. The maximum absolute atomic E-state index is 13.8. The first-order valence-electron chi connectivity index (χ1n) is 14.7. The van der Waals surface area contributed by atoms with Gasteiger partial charge in [0.1, 0.15) is 36.0 Å². The number of aliphatic hydroxyl groups is 1. The number of aromatic hydroxyl groups is 1. The Labute approximate surface area is 265 Å². The molecule has 1 fully saturated rings. The Morgan fingerprint density at radius 2 is 1.48 bits per heavy atom. The number of nitrogens with two attached hydrogens (primary N) is 2. The highest BCUT2D eigenvalue weighted by Crippen LogP contribution is 2.21. The summed E-state index contributed by atoms with van der Waals surface area (Å²) in [6.07, 6.45) is -0.104. The Hall–Kier alpha value is -4.77. The fourth-order valence-electron chi connectivity index (χ4n) is 4.66. The first-order valence-corrected chi connectivity index (χ1v) is 14.7. The van der Waals surface area contributed by atoms with Crippen LogP contribution in [0, 0.1) is 5.92 Å². The predicted octanol–water partition coefficient (Wildman–Crippen LogP) is -3.18. The molecular formula is C29H43N7O10. The summed E-state index contributed by atoms with van der Waals surface area (Å²) in [4.78, 5) is 89.6. The second kappa shape index (κ2) is 17.1. The van der Waals surface area contributed by atoms with Gasteiger partial charge < -0.3 is 53.0 Å². The van der Waals surface area contributed by atoms with Crippen molar-refractivity contribution < 1.29 is 48.9 Å². The van der Waals surface area contributed by atoms with Crippen molar-refractivity contribution in [3.63, 3.8) is 0 Å². The molecule has 0 aromatic heterocycles. The summed E-state index contributed by atoms with van der Waals surface area (Å²) in [5.74, 6) is -6.67. The van der Waals surface area contributed by atoms with Gasteiger partial charge in [0, 0.05) is 13.0 Å². The number of nitrogens with one attached hydrogen (secondary N) is 4. The van der Waals surface area contributed by atoms with Gasteiger partial charge in [-0.3, -0.25) is 33.6 Å². The largest absolute Gasteiger partial charge is 0.508 e. The summed E-state index contributed by atoms with van der Waals surface area (Å²) < 4.78 is 0. The van der Waals surface area contributed by atoms with Crippen LogP contribution >= 0.6 is 0 Å². The van der Waals surface area contributed by atoms with Gasteiger partial charge in [0.25, 0.3) is 0 Å². The number of aliphatic hydroxyl groups excluding tert-OH is 1. The van der Waals surface area contributed by atoms with Crippen molar-refractivity contribution in [1.29, 1.82) is 0 Å². The zero-order chi connectivity index (χ0) is 34.7. The van der Waals surface area contributed by atoms with E-state index in [1.807, 2.05) is 0 Å². The molecule has 0 spiro atoms. The Morgan fingerprint density at radius 1 is 0.891 bits per heavy atom. The summed E-state index contributed by atoms with van der Waals surface area (Å²) >= 11 is 0. The Bertz CT molecular complexity index is 1290. The molecule has 17 nitrogen and oxygen atoms in total. The van der Waals surface area contributed by atoms with Crippen molar-refractivity contribution in [1.82, 2.24) is 26.2 Å². The van der Waals surface area contributed by atoms with E-state index in [-0.39, 0.29) is 31.1 Å². The van der Waals surface area contributed by atoms with Crippen molar-refractivity contribution in [2.24, 2.45) is 17.4 Å². The number of hydrogen-bond acceptors (Lipinski definition) is 10. The molecule has 1 heterocycles. The number of carboxylic acids is 1. The number of aliphatic carboxylic acids is 1. The van der Waals surface area contributed by atoms with Gasteiger partial charge in [0.05, 0.1) is 19.1 Å². The summed E-state index contributed by atoms with van der Waals surface area (Å²) in [5.41, 5.74) is 11.9. The molecule has 0 unspecified atom stereocenters. The van der Waals surface area contributed by atoms with Crippen molar-refractivity contribution in [2.75, 3.05) is 13.2 Å². The highest BCUT2D eigenvalue weighted by Gasteiger charge is 2.40. The standard InChI is InChI=1S/C29H43N7O10/c1-14(2)23(31)27(43)34-19(11-16-6-8-17(38)9-7-16)28(44)36-10-4-5-21(36)26(42)33-18(12-22(30)39)24(40)35-20(13-37)25(41)32-15(3)29(45)46/h6-9,14-15,18-21,23,37-38H,4-5,10-13,31H2,1-3H3,(H2,30,39)(H,32,41)(H,33,42)(H,34,43)(H,35,40)(H,45,46)/t15-,18-,19-,20-,21-,23-/m0/s1. The molecule has 1 saturated heterocycles. The van der Waals surface area contributed by atoms with Crippen LogP contribution < -0.4 is 32.7 Å². The Balaban J connectivity index is 2.25. The molecule has 0 aliphatic carbocycles. The molecule has 6 atom stereocenters. The number of benzene rings is 1. The third kappa shape index (κ3) is 10.7. The van der Waals surface area contributed by atoms with Crippen LogP contribution in [0.1, 0.15) is 45.6 Å². The number of carboxylic acid groups (broad SMARTS) is 1. The predicted molar refractivity (Wildman–Crippen MR) is 161 cm³/mol. The lowest BCUT2D eigenvalue weighted by atomic mass is 10.0. The molecule has 6 amide bonds. The van der Waals surface area contributed by atoms with Gasteiger partial charge in [-0.2, -0.15) is 0 Å². The molecule has 0 bridgehead atoms. The van der Waals surface area contributed by atoms with Gasteiger partial charge in [-0.1, -0.05) is 26.0 Å². The maximum atomic E-state index is 13.8. The van der Waals surface area contributed by atoms with Gasteiger partial charge in [0.15, 0.2) is 0 Å². The normalized spacial score (nSPS) is 17.6. The van der Waals surface area contributed by atoms with Crippen LogP contribution in [-0.4, -0.2) is 111 Å². The van der Waals surface area contributed by atoms with Crippen LogP contribution in [0.3, 0.4) is 0 Å². The summed E-state index contributed by atoms with van der Waals surface area (Å²) in [7, 11) is 0. The fourth-order valence-corrected chi connectivity index (χ4v) is 4.66. The van der Waals surface area contributed by atoms with Crippen molar-refractivity contribution >= 4 is 41.4 Å². The Morgan fingerprint density at radius 3 is 2.02 bits per heavy atom. The number of phenols is 1. The first kappa shape index (κ1) is 37.4. The lowest BCUT2D eigenvalue weighted by Crippen LogP contribution is -2.60. The molecule has 1 aromatic carbocycles. The van der Waals surface area contributed by atoms with Crippen LogP contribution in [0.4, 0.5) is 0 Å². The van der Waals surface area contributed by atoms with E-state index in [0.717, 1.165) is 0 Å². The molecular weight excluding hydrogens is 606 g/mol. The van der Waals surface area contributed by atoms with E-state index in [1.165, 1.54) is 24.0 Å². The number of phenolic OH excluding ortho intramolecular Hbond substituents is 1. The third-order valence-electron chi connectivity index (χ3n) is 7.43. The molecule has 11 N–H and O–H groups in total. The van der Waals surface area contributed by atoms with Gasteiger partial charge in [0.2, 0.25) is 35.4 Å². The number of amides is 6. The number of nitrogens with zero attached hydrogens (tertiary/aromatic N) is 1. The van der Waals surface area contributed by atoms with E-state index >= 15 is 0 Å². The van der Waals surface area contributed by atoms with Crippen LogP contribution in [0.5, 0.6) is 5.75 Å². The first-order chi connectivity index (χ1) is 21.5. The molecule has 254 valence electrons. The topological polar surface area (TPSA) is 284 Å². The van der Waals surface area contributed by atoms with Gasteiger partial charge in [-0.15, -0.1) is 0 Å². The Kier molecular flexibility index (Phi) is 13.9. The van der Waals surface area contributed by atoms with Gasteiger partial charge in [-0.25, -0.2) is 0 Å². The van der Waals surface area contributed by atoms with Crippen LogP contribution in [0.15, 0.2) is 24.3 Å². The highest BCUT2D eigenvalue weighted by atomic mass is 16.4. The maximum Gasteiger partial charge on any atom is 0.325 e. The van der Waals surface area contributed by atoms with E-state index in [9.17, 15) is 43.8 Å². The van der Waals surface area contributed by atoms with Crippen LogP contribution in [-0.2, 0) is 40.0 Å². The number of rotatable bonds is 16. The van der Waals surface area contributed by atoms with Crippen LogP contribution in [0.2, 0.25) is 0 Å². The zero-order valence-corrected chi connectivity index (χ0v) is 25.9. The second-order valence-corrected chi connectivity index (χ2v) is 11.4. The second-order valence-electron chi connectivity index (χ2n) is 11.4. The number of primary amides is 1. The van der Waals surface area contributed by atoms with E-state index in [2.05, 4.69) is 21.3 Å². The minimum atomic E-state index is -1.62. The highest BCUT2D eigenvalue weighted by molar-refractivity contribution is 5.98. The van der Waals surface area contributed by atoms with E-state index < -0.39 is 90.7 Å². The van der Waals surface area contributed by atoms with Crippen LogP contribution in [0.25, 0.3) is 0 Å². The fraction of sp³-hybridized carbons (Fsp3) is 0.552. The lowest BCUT2D eigenvalue weighted by molar-refractivity contribution is -0.143. The number of carbonyl (C=O) groups is 7. The van der Waals surface area contributed by atoms with E-state index in [0.29, 0.717) is 12.0 Å². The van der Waals surface area contributed by atoms with Gasteiger partial charge in [-0.05, 0) is 43.4 Å². The number of hydrogen-bond donors (Lipinski definition) is 9.